The van der Waals surface area contributed by atoms with Gasteiger partial charge in [0.15, 0.2) is 11.6 Å². The topological polar surface area (TPSA) is 58.2 Å². The van der Waals surface area contributed by atoms with Crippen molar-refractivity contribution in [1.82, 2.24) is 10.6 Å². The Morgan fingerprint density at radius 1 is 1.00 bits per heavy atom. The molecule has 120 valence electrons. The van der Waals surface area contributed by atoms with Gasteiger partial charge in [0.25, 0.3) is 5.91 Å². The van der Waals surface area contributed by atoms with Gasteiger partial charge in [-0.2, -0.15) is 0 Å². The maximum atomic E-state index is 13.0. The molecule has 23 heavy (non-hydrogen) atoms. The molecule has 0 saturated carbocycles. The number of nitrogens with one attached hydrogen (secondary N) is 2. The molecule has 0 aliphatic rings. The second kappa shape index (κ2) is 7.49. The molecular formula is C17H16F2N2O2. The largest absolute Gasteiger partial charge is 0.350 e. The monoisotopic (exact) mass is 318 g/mol. The van der Waals surface area contributed by atoms with Gasteiger partial charge in [-0.25, -0.2) is 8.78 Å². The van der Waals surface area contributed by atoms with Crippen LogP contribution in [0.5, 0.6) is 0 Å². The van der Waals surface area contributed by atoms with Crippen LogP contribution < -0.4 is 10.6 Å². The highest BCUT2D eigenvalue weighted by atomic mass is 19.2. The molecule has 0 aliphatic heterocycles. The molecule has 2 amide bonds. The lowest BCUT2D eigenvalue weighted by Crippen LogP contribution is -2.36. The minimum absolute atomic E-state index is 0.0459. The third-order valence-corrected chi connectivity index (χ3v) is 3.16. The highest BCUT2D eigenvalue weighted by Crippen LogP contribution is 2.08. The Morgan fingerprint density at radius 2 is 1.78 bits per heavy atom. The van der Waals surface area contributed by atoms with Gasteiger partial charge in [0.2, 0.25) is 5.91 Å². The number of carbonyl (C=O) groups excluding carboxylic acids is 2. The first-order chi connectivity index (χ1) is 11.0. The van der Waals surface area contributed by atoms with Crippen LogP contribution in [0.25, 0.3) is 0 Å². The van der Waals surface area contributed by atoms with Crippen LogP contribution in [0.1, 0.15) is 21.5 Å². The van der Waals surface area contributed by atoms with E-state index in [0.717, 1.165) is 29.3 Å². The van der Waals surface area contributed by atoms with Crippen molar-refractivity contribution in [1.29, 1.82) is 0 Å². The number of hydrogen-bond acceptors (Lipinski definition) is 2. The molecule has 0 saturated heterocycles. The molecule has 0 spiro atoms. The second-order valence-electron chi connectivity index (χ2n) is 5.08. The summed E-state index contributed by atoms with van der Waals surface area (Å²) in [6.07, 6.45) is 0. The summed E-state index contributed by atoms with van der Waals surface area (Å²) in [6.45, 7) is 2.05. The minimum atomic E-state index is -1.11. The van der Waals surface area contributed by atoms with Crippen molar-refractivity contribution in [3.8, 4) is 0 Å². The lowest BCUT2D eigenvalue weighted by Gasteiger charge is -2.08. The molecule has 0 atom stereocenters. The van der Waals surface area contributed by atoms with Crippen LogP contribution >= 0.6 is 0 Å². The first kappa shape index (κ1) is 16.6. The Labute approximate surface area is 132 Å². The Bertz CT molecular complexity index is 732. The van der Waals surface area contributed by atoms with Gasteiger partial charge < -0.3 is 10.6 Å². The molecule has 2 aromatic carbocycles. The Morgan fingerprint density at radius 3 is 2.48 bits per heavy atom. The molecule has 0 radical (unpaired) electrons. The molecule has 2 aromatic rings. The van der Waals surface area contributed by atoms with E-state index in [1.54, 1.807) is 0 Å². The quantitative estimate of drug-likeness (QED) is 0.889. The van der Waals surface area contributed by atoms with E-state index in [-0.39, 0.29) is 18.0 Å². The fourth-order valence-electron chi connectivity index (χ4n) is 1.99. The molecular weight excluding hydrogens is 302 g/mol. The number of halogens is 2. The summed E-state index contributed by atoms with van der Waals surface area (Å²) < 4.78 is 25.8. The van der Waals surface area contributed by atoms with E-state index in [2.05, 4.69) is 10.6 Å². The number of benzene rings is 2. The van der Waals surface area contributed by atoms with Crippen LogP contribution in [0.3, 0.4) is 0 Å². The third kappa shape index (κ3) is 4.88. The maximum absolute atomic E-state index is 13.0. The maximum Gasteiger partial charge on any atom is 0.251 e. The first-order valence-corrected chi connectivity index (χ1v) is 7.01. The smallest absolute Gasteiger partial charge is 0.251 e. The Hall–Kier alpha value is -2.76. The van der Waals surface area contributed by atoms with Gasteiger partial charge in [0.1, 0.15) is 0 Å². The third-order valence-electron chi connectivity index (χ3n) is 3.16. The van der Waals surface area contributed by atoms with Gasteiger partial charge in [0, 0.05) is 12.1 Å². The normalized spacial score (nSPS) is 10.2. The fraction of sp³-hybridized carbons (Fsp3) is 0.176. The van der Waals surface area contributed by atoms with Gasteiger partial charge in [-0.3, -0.25) is 9.59 Å². The summed E-state index contributed by atoms with van der Waals surface area (Å²) in [5.41, 5.74) is 1.99. The number of hydrogen-bond donors (Lipinski definition) is 2. The average molecular weight is 318 g/mol. The highest BCUT2D eigenvalue weighted by molar-refractivity contribution is 5.96. The van der Waals surface area contributed by atoms with Crippen LogP contribution in [-0.4, -0.2) is 18.4 Å². The first-order valence-electron chi connectivity index (χ1n) is 7.01. The molecule has 2 N–H and O–H groups in total. The van der Waals surface area contributed by atoms with Gasteiger partial charge in [-0.1, -0.05) is 29.8 Å². The Balaban J connectivity index is 1.81. The summed E-state index contributed by atoms with van der Waals surface area (Å²) in [5, 5.41) is 5.02. The predicted octanol–water partition coefficient (Wildman–Crippen LogP) is 2.32. The number of amides is 2. The average Bonchev–Trinajstić information content (AvgIpc) is 2.53. The van der Waals surface area contributed by atoms with Crippen molar-refractivity contribution in [3.05, 3.63) is 70.8 Å². The number of aryl methyl sites for hydroxylation is 1. The van der Waals surface area contributed by atoms with Crippen LogP contribution in [-0.2, 0) is 11.3 Å². The van der Waals surface area contributed by atoms with E-state index in [1.807, 2.05) is 31.2 Å². The molecule has 2 rings (SSSR count). The van der Waals surface area contributed by atoms with Gasteiger partial charge in [0.05, 0.1) is 6.54 Å². The molecule has 0 bridgehead atoms. The molecule has 0 unspecified atom stereocenters. The van der Waals surface area contributed by atoms with Crippen molar-refractivity contribution in [3.63, 3.8) is 0 Å². The highest BCUT2D eigenvalue weighted by Gasteiger charge is 2.11. The Kier molecular flexibility index (Phi) is 5.41. The number of carbonyl (C=O) groups is 2. The minimum Gasteiger partial charge on any atom is -0.350 e. The van der Waals surface area contributed by atoms with Gasteiger partial charge in [-0.05, 0) is 30.7 Å². The number of rotatable bonds is 5. The fourth-order valence-corrected chi connectivity index (χ4v) is 1.99. The predicted molar refractivity (Wildman–Crippen MR) is 81.7 cm³/mol. The molecule has 0 fully saturated rings. The van der Waals surface area contributed by atoms with E-state index in [4.69, 9.17) is 0 Å². The van der Waals surface area contributed by atoms with Crippen molar-refractivity contribution >= 4 is 11.8 Å². The van der Waals surface area contributed by atoms with Crippen molar-refractivity contribution < 1.29 is 18.4 Å². The van der Waals surface area contributed by atoms with Crippen LogP contribution in [0.4, 0.5) is 8.78 Å². The summed E-state index contributed by atoms with van der Waals surface area (Å²) in [4.78, 5) is 23.4. The van der Waals surface area contributed by atoms with Crippen LogP contribution in [0.15, 0.2) is 42.5 Å². The zero-order valence-electron chi connectivity index (χ0n) is 12.5. The second-order valence-corrected chi connectivity index (χ2v) is 5.08. The summed E-state index contributed by atoms with van der Waals surface area (Å²) in [7, 11) is 0. The molecule has 0 aliphatic carbocycles. The van der Waals surface area contributed by atoms with E-state index >= 15 is 0 Å². The van der Waals surface area contributed by atoms with Crippen molar-refractivity contribution in [2.24, 2.45) is 0 Å². The van der Waals surface area contributed by atoms with E-state index in [9.17, 15) is 18.4 Å². The molecule has 6 heteroatoms. The van der Waals surface area contributed by atoms with E-state index < -0.39 is 17.5 Å². The van der Waals surface area contributed by atoms with E-state index in [0.29, 0.717) is 6.54 Å². The van der Waals surface area contributed by atoms with Gasteiger partial charge >= 0.3 is 0 Å². The molecule has 0 aromatic heterocycles. The van der Waals surface area contributed by atoms with Crippen LogP contribution in [0.2, 0.25) is 0 Å². The summed E-state index contributed by atoms with van der Waals surface area (Å²) in [6, 6.07) is 10.5. The summed E-state index contributed by atoms with van der Waals surface area (Å²) >= 11 is 0. The zero-order chi connectivity index (χ0) is 16.8. The lowest BCUT2D eigenvalue weighted by atomic mass is 10.1. The van der Waals surface area contributed by atoms with Crippen LogP contribution in [0, 0.1) is 18.6 Å². The standard InChI is InChI=1S/C17H16F2N2O2/c1-11-3-2-4-12(7-11)9-20-16(22)10-21-17(23)13-5-6-14(18)15(19)8-13/h2-8H,9-10H2,1H3,(H,20,22)(H,21,23). The van der Waals surface area contributed by atoms with Crippen molar-refractivity contribution in [2.75, 3.05) is 6.54 Å². The zero-order valence-corrected chi connectivity index (χ0v) is 12.5. The lowest BCUT2D eigenvalue weighted by molar-refractivity contribution is -0.120. The molecule has 0 heterocycles. The molecule has 4 nitrogen and oxygen atoms in total. The van der Waals surface area contributed by atoms with Crippen molar-refractivity contribution in [2.45, 2.75) is 13.5 Å². The van der Waals surface area contributed by atoms with Gasteiger partial charge in [-0.15, -0.1) is 0 Å². The SMILES string of the molecule is Cc1cccc(CNC(=O)CNC(=O)c2ccc(F)c(F)c2)c1. The van der Waals surface area contributed by atoms with E-state index in [1.165, 1.54) is 0 Å². The summed E-state index contributed by atoms with van der Waals surface area (Å²) in [5.74, 6) is -3.16.